The Morgan fingerprint density at radius 2 is 2.18 bits per heavy atom. The topological polar surface area (TPSA) is 66.7 Å². The fraction of sp³-hybridized carbons (Fsp3) is 0.857. The van der Waals surface area contributed by atoms with E-state index in [0.717, 1.165) is 0 Å². The maximum Gasteiger partial charge on any atom is 0.307 e. The lowest BCUT2D eigenvalue weighted by atomic mass is 10.1. The Balaban J connectivity index is 2.60. The van der Waals surface area contributed by atoms with Crippen molar-refractivity contribution >= 4 is 5.97 Å². The first kappa shape index (κ1) is 8.17. The molecular formula is C7H11NO3. The van der Waals surface area contributed by atoms with Crippen molar-refractivity contribution in [2.45, 2.75) is 13.8 Å². The third-order valence-electron chi connectivity index (χ3n) is 2.59. The van der Waals surface area contributed by atoms with Crippen molar-refractivity contribution in [3.63, 3.8) is 0 Å². The Bertz CT molecular complexity index is 200. The largest absolute Gasteiger partial charge is 0.481 e. The Kier molecular flexibility index (Phi) is 1.70. The van der Waals surface area contributed by atoms with E-state index in [0.29, 0.717) is 0 Å². The molecule has 2 atom stereocenters. The Morgan fingerprint density at radius 1 is 1.64 bits per heavy atom. The fourth-order valence-corrected chi connectivity index (χ4v) is 1.66. The minimum atomic E-state index is -0.816. The molecule has 0 aromatic carbocycles. The van der Waals surface area contributed by atoms with Gasteiger partial charge in [0.15, 0.2) is 0 Å². The van der Waals surface area contributed by atoms with Gasteiger partial charge in [-0.3, -0.25) is 4.79 Å². The molecule has 1 saturated carbocycles. The summed E-state index contributed by atoms with van der Waals surface area (Å²) in [5, 5.41) is 11.4. The minimum Gasteiger partial charge on any atom is -0.481 e. The van der Waals surface area contributed by atoms with Gasteiger partial charge in [-0.25, -0.2) is 0 Å². The Morgan fingerprint density at radius 3 is 2.45 bits per heavy atom. The third-order valence-corrected chi connectivity index (χ3v) is 2.59. The molecule has 1 N–H and O–H groups in total. The van der Waals surface area contributed by atoms with Crippen LogP contribution in [-0.2, 0) is 4.79 Å². The van der Waals surface area contributed by atoms with E-state index in [4.69, 9.17) is 5.11 Å². The maximum absolute atomic E-state index is 10.5. The number of carboxylic acid groups (broad SMARTS) is 1. The highest BCUT2D eigenvalue weighted by Crippen LogP contribution is 2.58. The summed E-state index contributed by atoms with van der Waals surface area (Å²) in [6, 6.07) is 0. The standard InChI is InChI=1S/C7H11NO3/c1-7(2)4(3-8-11)5(7)6(9)10/h4-5H,3H2,1-2H3,(H,9,10). The molecule has 0 amide bonds. The molecule has 4 nitrogen and oxygen atoms in total. The molecule has 0 saturated heterocycles. The van der Waals surface area contributed by atoms with Crippen LogP contribution in [0.2, 0.25) is 0 Å². The van der Waals surface area contributed by atoms with Crippen molar-refractivity contribution in [3.05, 3.63) is 4.91 Å². The molecule has 0 aliphatic heterocycles. The van der Waals surface area contributed by atoms with Crippen LogP contribution >= 0.6 is 0 Å². The van der Waals surface area contributed by atoms with Crippen molar-refractivity contribution in [1.82, 2.24) is 0 Å². The number of rotatable bonds is 3. The smallest absolute Gasteiger partial charge is 0.307 e. The molecule has 1 fully saturated rings. The van der Waals surface area contributed by atoms with E-state index in [1.807, 2.05) is 13.8 Å². The van der Waals surface area contributed by atoms with Gasteiger partial charge < -0.3 is 5.11 Å². The van der Waals surface area contributed by atoms with Gasteiger partial charge in [-0.1, -0.05) is 19.0 Å². The lowest BCUT2D eigenvalue weighted by Crippen LogP contribution is -2.03. The maximum atomic E-state index is 10.5. The number of aliphatic carboxylic acids is 1. The highest BCUT2D eigenvalue weighted by molar-refractivity contribution is 5.75. The van der Waals surface area contributed by atoms with Gasteiger partial charge in [0.1, 0.15) is 0 Å². The number of carbonyl (C=O) groups is 1. The first-order chi connectivity index (χ1) is 5.01. The molecule has 1 rings (SSSR count). The van der Waals surface area contributed by atoms with E-state index in [-0.39, 0.29) is 23.8 Å². The van der Waals surface area contributed by atoms with E-state index in [1.54, 1.807) is 0 Å². The molecule has 2 unspecified atom stereocenters. The molecule has 1 aliphatic carbocycles. The summed E-state index contributed by atoms with van der Waals surface area (Å²) < 4.78 is 0. The lowest BCUT2D eigenvalue weighted by Gasteiger charge is -1.96. The third kappa shape index (κ3) is 1.13. The Labute approximate surface area is 64.6 Å². The van der Waals surface area contributed by atoms with Crippen molar-refractivity contribution in [2.24, 2.45) is 22.4 Å². The van der Waals surface area contributed by atoms with Crippen LogP contribution in [0.1, 0.15) is 13.8 Å². The summed E-state index contributed by atoms with van der Waals surface area (Å²) in [7, 11) is 0. The zero-order valence-corrected chi connectivity index (χ0v) is 6.57. The lowest BCUT2D eigenvalue weighted by molar-refractivity contribution is -0.139. The van der Waals surface area contributed by atoms with Crippen LogP contribution in [0.3, 0.4) is 0 Å². The molecule has 0 spiro atoms. The van der Waals surface area contributed by atoms with E-state index in [2.05, 4.69) is 5.18 Å². The van der Waals surface area contributed by atoms with Crippen LogP contribution in [0.5, 0.6) is 0 Å². The van der Waals surface area contributed by atoms with Crippen LogP contribution in [0, 0.1) is 22.2 Å². The highest BCUT2D eigenvalue weighted by Gasteiger charge is 2.62. The van der Waals surface area contributed by atoms with Gasteiger partial charge in [-0.15, -0.1) is 0 Å². The average Bonchev–Trinajstić information content (AvgIpc) is 2.35. The number of carboxylic acids is 1. The van der Waals surface area contributed by atoms with Crippen molar-refractivity contribution in [3.8, 4) is 0 Å². The molecule has 1 aliphatic rings. The summed E-state index contributed by atoms with van der Waals surface area (Å²) in [5.41, 5.74) is -0.236. The fourth-order valence-electron chi connectivity index (χ4n) is 1.66. The SMILES string of the molecule is CC1(C)C(CN=O)C1C(=O)O. The molecule has 0 bridgehead atoms. The predicted molar refractivity (Wildman–Crippen MR) is 39.1 cm³/mol. The zero-order valence-electron chi connectivity index (χ0n) is 6.57. The van der Waals surface area contributed by atoms with Gasteiger partial charge >= 0.3 is 5.97 Å². The number of hydrogen-bond donors (Lipinski definition) is 1. The molecule has 62 valence electrons. The minimum absolute atomic E-state index is 0.0579. The van der Waals surface area contributed by atoms with Crippen LogP contribution in [0.15, 0.2) is 5.18 Å². The van der Waals surface area contributed by atoms with Gasteiger partial charge in [0.2, 0.25) is 0 Å². The second-order valence-corrected chi connectivity index (χ2v) is 3.56. The molecule has 0 heterocycles. The number of nitrogens with zero attached hydrogens (tertiary/aromatic N) is 1. The molecule has 0 aromatic heterocycles. The summed E-state index contributed by atoms with van der Waals surface area (Å²) >= 11 is 0. The quantitative estimate of drug-likeness (QED) is 0.624. The summed E-state index contributed by atoms with van der Waals surface area (Å²) in [5.74, 6) is -1.25. The molecule has 11 heavy (non-hydrogen) atoms. The molecule has 4 heteroatoms. The average molecular weight is 157 g/mol. The first-order valence-electron chi connectivity index (χ1n) is 3.53. The zero-order chi connectivity index (χ0) is 8.65. The van der Waals surface area contributed by atoms with E-state index in [1.165, 1.54) is 0 Å². The highest BCUT2D eigenvalue weighted by atomic mass is 16.4. The summed E-state index contributed by atoms with van der Waals surface area (Å²) in [4.78, 5) is 20.4. The van der Waals surface area contributed by atoms with Crippen LogP contribution in [-0.4, -0.2) is 17.6 Å². The van der Waals surface area contributed by atoms with E-state index < -0.39 is 5.97 Å². The van der Waals surface area contributed by atoms with Crippen molar-refractivity contribution < 1.29 is 9.90 Å². The summed E-state index contributed by atoms with van der Waals surface area (Å²) in [6.45, 7) is 3.83. The van der Waals surface area contributed by atoms with Gasteiger partial charge in [0.05, 0.1) is 12.5 Å². The van der Waals surface area contributed by atoms with Crippen molar-refractivity contribution in [2.75, 3.05) is 6.54 Å². The monoisotopic (exact) mass is 157 g/mol. The predicted octanol–water partition coefficient (Wildman–Crippen LogP) is 1.11. The van der Waals surface area contributed by atoms with E-state index >= 15 is 0 Å². The van der Waals surface area contributed by atoms with Gasteiger partial charge in [-0.2, -0.15) is 4.91 Å². The number of hydrogen-bond acceptors (Lipinski definition) is 3. The van der Waals surface area contributed by atoms with Crippen LogP contribution in [0.4, 0.5) is 0 Å². The van der Waals surface area contributed by atoms with E-state index in [9.17, 15) is 9.70 Å². The second kappa shape index (κ2) is 2.29. The van der Waals surface area contributed by atoms with Gasteiger partial charge in [0, 0.05) is 5.92 Å². The normalized spacial score (nSPS) is 32.9. The molecule has 0 radical (unpaired) electrons. The second-order valence-electron chi connectivity index (χ2n) is 3.56. The number of nitroso groups, excluding NO2 is 1. The molecular weight excluding hydrogens is 146 g/mol. The summed E-state index contributed by atoms with van der Waals surface area (Å²) in [6.07, 6.45) is 0. The Hall–Kier alpha value is -0.930. The van der Waals surface area contributed by atoms with Gasteiger partial charge in [-0.05, 0) is 5.41 Å². The van der Waals surface area contributed by atoms with Crippen molar-refractivity contribution in [1.29, 1.82) is 0 Å². The van der Waals surface area contributed by atoms with Gasteiger partial charge in [0.25, 0.3) is 0 Å². The molecule has 0 aromatic rings. The van der Waals surface area contributed by atoms with Crippen LogP contribution < -0.4 is 0 Å². The first-order valence-corrected chi connectivity index (χ1v) is 3.53. The van der Waals surface area contributed by atoms with Crippen LogP contribution in [0.25, 0.3) is 0 Å².